The first kappa shape index (κ1) is 21.6. The average Bonchev–Trinajstić information content (AvgIpc) is 3.17. The van der Waals surface area contributed by atoms with Gasteiger partial charge in [0, 0.05) is 36.7 Å². The summed E-state index contributed by atoms with van der Waals surface area (Å²) in [5.74, 6) is -1.01. The van der Waals surface area contributed by atoms with E-state index in [1.165, 1.54) is 4.90 Å². The van der Waals surface area contributed by atoms with E-state index in [0.29, 0.717) is 18.5 Å². The number of carbonyl (C=O) groups is 4. The third kappa shape index (κ3) is 4.32. The lowest BCUT2D eigenvalue weighted by Gasteiger charge is -2.29. The van der Waals surface area contributed by atoms with E-state index in [9.17, 15) is 19.2 Å². The first-order chi connectivity index (χ1) is 16.5. The SMILES string of the molecule is O=C1CCC(N2Cc3ccc(CNC(=O)OCc4ccc5cccnc5c4)cc3C2=O)C(=O)N1. The molecule has 34 heavy (non-hydrogen) atoms. The normalized spacial score (nSPS) is 17.5. The molecule has 1 unspecified atom stereocenters. The smallest absolute Gasteiger partial charge is 0.407 e. The summed E-state index contributed by atoms with van der Waals surface area (Å²) < 4.78 is 5.30. The summed E-state index contributed by atoms with van der Waals surface area (Å²) in [5.41, 5.74) is 3.72. The van der Waals surface area contributed by atoms with Crippen LogP contribution in [-0.2, 0) is 34.0 Å². The van der Waals surface area contributed by atoms with Crippen molar-refractivity contribution in [1.29, 1.82) is 0 Å². The van der Waals surface area contributed by atoms with Gasteiger partial charge in [0.15, 0.2) is 0 Å². The van der Waals surface area contributed by atoms with Crippen LogP contribution in [0, 0.1) is 0 Å². The van der Waals surface area contributed by atoms with E-state index in [1.54, 1.807) is 12.3 Å². The quantitative estimate of drug-likeness (QED) is 0.567. The van der Waals surface area contributed by atoms with Gasteiger partial charge in [-0.2, -0.15) is 0 Å². The van der Waals surface area contributed by atoms with E-state index in [2.05, 4.69) is 15.6 Å². The molecule has 5 rings (SSSR count). The summed E-state index contributed by atoms with van der Waals surface area (Å²) in [6, 6.07) is 14.2. The molecule has 9 heteroatoms. The molecule has 2 aliphatic heterocycles. The molecule has 9 nitrogen and oxygen atoms in total. The third-order valence-electron chi connectivity index (χ3n) is 6.07. The van der Waals surface area contributed by atoms with Gasteiger partial charge in [0.2, 0.25) is 11.8 Å². The van der Waals surface area contributed by atoms with Crippen LogP contribution in [0.2, 0.25) is 0 Å². The fourth-order valence-corrected chi connectivity index (χ4v) is 4.29. The fraction of sp³-hybridized carbons (Fsp3) is 0.240. The van der Waals surface area contributed by atoms with Crippen molar-refractivity contribution in [2.24, 2.45) is 0 Å². The maximum absolute atomic E-state index is 12.9. The topological polar surface area (TPSA) is 118 Å². The molecule has 2 aromatic carbocycles. The highest BCUT2D eigenvalue weighted by atomic mass is 16.5. The van der Waals surface area contributed by atoms with Crippen LogP contribution in [-0.4, -0.2) is 39.7 Å². The van der Waals surface area contributed by atoms with E-state index in [4.69, 9.17) is 4.74 Å². The minimum absolute atomic E-state index is 0.113. The first-order valence-electron chi connectivity index (χ1n) is 11.0. The molecule has 3 aromatic rings. The number of rotatable bonds is 5. The number of imide groups is 1. The zero-order valence-corrected chi connectivity index (χ0v) is 18.2. The minimum Gasteiger partial charge on any atom is -0.445 e. The molecular weight excluding hydrogens is 436 g/mol. The highest BCUT2D eigenvalue weighted by molar-refractivity contribution is 6.05. The highest BCUT2D eigenvalue weighted by Crippen LogP contribution is 2.28. The zero-order valence-electron chi connectivity index (χ0n) is 18.2. The van der Waals surface area contributed by atoms with Crippen molar-refractivity contribution < 1.29 is 23.9 Å². The second-order valence-corrected chi connectivity index (χ2v) is 8.35. The van der Waals surface area contributed by atoms with Crippen molar-refractivity contribution in [3.05, 3.63) is 77.0 Å². The number of piperidine rings is 1. The van der Waals surface area contributed by atoms with Gasteiger partial charge in [-0.25, -0.2) is 4.79 Å². The van der Waals surface area contributed by atoms with E-state index >= 15 is 0 Å². The molecular formula is C25H22N4O5. The molecule has 1 saturated heterocycles. The maximum Gasteiger partial charge on any atom is 0.407 e. The summed E-state index contributed by atoms with van der Waals surface area (Å²) in [6.07, 6.45) is 1.67. The second kappa shape index (κ2) is 8.93. The Labute approximate surface area is 195 Å². The monoisotopic (exact) mass is 458 g/mol. The number of hydrogen-bond acceptors (Lipinski definition) is 6. The molecule has 2 N–H and O–H groups in total. The summed E-state index contributed by atoms with van der Waals surface area (Å²) in [4.78, 5) is 54.5. The van der Waals surface area contributed by atoms with Crippen molar-refractivity contribution in [2.75, 3.05) is 0 Å². The zero-order chi connectivity index (χ0) is 23.7. The Bertz CT molecular complexity index is 1320. The molecule has 0 spiro atoms. The summed E-state index contributed by atoms with van der Waals surface area (Å²) in [7, 11) is 0. The molecule has 1 aromatic heterocycles. The van der Waals surface area contributed by atoms with Gasteiger partial charge in [-0.05, 0) is 41.3 Å². The van der Waals surface area contributed by atoms with Gasteiger partial charge < -0.3 is 15.0 Å². The molecule has 172 valence electrons. The van der Waals surface area contributed by atoms with E-state index in [1.807, 2.05) is 42.5 Å². The molecule has 0 bridgehead atoms. The lowest BCUT2D eigenvalue weighted by molar-refractivity contribution is -0.136. The molecule has 3 heterocycles. The standard InChI is InChI=1S/C25H22N4O5/c30-22-8-7-21(23(31)28-22)29-13-18-6-3-15(10-19(18)24(29)32)12-27-25(33)34-14-16-4-5-17-2-1-9-26-20(17)11-16/h1-6,9-11,21H,7-8,12-14H2,(H,27,33)(H,28,30,31). The molecule has 0 saturated carbocycles. The van der Waals surface area contributed by atoms with E-state index in [-0.39, 0.29) is 31.4 Å². The van der Waals surface area contributed by atoms with Crippen LogP contribution in [0.15, 0.2) is 54.7 Å². The van der Waals surface area contributed by atoms with E-state index in [0.717, 1.165) is 27.6 Å². The third-order valence-corrected chi connectivity index (χ3v) is 6.07. The van der Waals surface area contributed by atoms with Crippen molar-refractivity contribution in [2.45, 2.75) is 38.6 Å². The molecule has 4 amide bonds. The van der Waals surface area contributed by atoms with Crippen LogP contribution >= 0.6 is 0 Å². The van der Waals surface area contributed by atoms with Gasteiger partial charge in [0.25, 0.3) is 5.91 Å². The summed E-state index contributed by atoms with van der Waals surface area (Å²) in [6.45, 7) is 0.621. The van der Waals surface area contributed by atoms with Crippen molar-refractivity contribution in [3.63, 3.8) is 0 Å². The number of fused-ring (bicyclic) bond motifs is 2. The Morgan fingerprint density at radius 1 is 1.12 bits per heavy atom. The van der Waals surface area contributed by atoms with E-state index < -0.39 is 18.0 Å². The summed E-state index contributed by atoms with van der Waals surface area (Å²) in [5, 5.41) is 6.00. The number of nitrogens with one attached hydrogen (secondary N) is 2. The number of nitrogens with zero attached hydrogens (tertiary/aromatic N) is 2. The fourth-order valence-electron chi connectivity index (χ4n) is 4.29. The van der Waals surface area contributed by atoms with Gasteiger partial charge in [-0.3, -0.25) is 24.7 Å². The predicted octanol–water partition coefficient (Wildman–Crippen LogP) is 2.42. The number of ether oxygens (including phenoxy) is 1. The van der Waals surface area contributed by atoms with Gasteiger partial charge >= 0.3 is 6.09 Å². The molecule has 1 atom stereocenters. The number of alkyl carbamates (subject to hydrolysis) is 1. The van der Waals surface area contributed by atoms with Crippen LogP contribution in [0.3, 0.4) is 0 Å². The van der Waals surface area contributed by atoms with Crippen LogP contribution in [0.25, 0.3) is 10.9 Å². The lowest BCUT2D eigenvalue weighted by atomic mass is 10.0. The lowest BCUT2D eigenvalue weighted by Crippen LogP contribution is -2.52. The molecule has 2 aliphatic rings. The number of benzene rings is 2. The average molecular weight is 458 g/mol. The van der Waals surface area contributed by atoms with Gasteiger partial charge in [0.05, 0.1) is 5.52 Å². The van der Waals surface area contributed by atoms with Gasteiger partial charge in [-0.15, -0.1) is 0 Å². The highest BCUT2D eigenvalue weighted by Gasteiger charge is 2.39. The Hall–Kier alpha value is -4.27. The Balaban J connectivity index is 1.17. The van der Waals surface area contributed by atoms with Crippen molar-refractivity contribution in [1.82, 2.24) is 20.5 Å². The molecule has 0 aliphatic carbocycles. The number of hydrogen-bond donors (Lipinski definition) is 2. The predicted molar refractivity (Wildman–Crippen MR) is 121 cm³/mol. The number of carbonyl (C=O) groups excluding carboxylic acids is 4. The van der Waals surface area contributed by atoms with Crippen LogP contribution in [0.4, 0.5) is 4.79 Å². The summed E-state index contributed by atoms with van der Waals surface area (Å²) >= 11 is 0. The first-order valence-corrected chi connectivity index (χ1v) is 11.0. The number of amides is 4. The number of pyridine rings is 1. The maximum atomic E-state index is 12.9. The minimum atomic E-state index is -0.653. The molecule has 0 radical (unpaired) electrons. The van der Waals surface area contributed by atoms with Crippen LogP contribution in [0.5, 0.6) is 0 Å². The molecule has 1 fully saturated rings. The Morgan fingerprint density at radius 2 is 1.97 bits per heavy atom. The Morgan fingerprint density at radius 3 is 2.82 bits per heavy atom. The van der Waals surface area contributed by atoms with Crippen molar-refractivity contribution >= 4 is 34.7 Å². The second-order valence-electron chi connectivity index (χ2n) is 8.35. The largest absolute Gasteiger partial charge is 0.445 e. The van der Waals surface area contributed by atoms with Crippen molar-refractivity contribution in [3.8, 4) is 0 Å². The van der Waals surface area contributed by atoms with Crippen LogP contribution in [0.1, 0.15) is 39.9 Å². The van der Waals surface area contributed by atoms with Gasteiger partial charge in [-0.1, -0.05) is 30.3 Å². The van der Waals surface area contributed by atoms with Crippen LogP contribution < -0.4 is 10.6 Å². The Kier molecular flexibility index (Phi) is 5.67. The number of aromatic nitrogens is 1. The van der Waals surface area contributed by atoms with Gasteiger partial charge in [0.1, 0.15) is 12.6 Å².